The van der Waals surface area contributed by atoms with E-state index in [0.29, 0.717) is 5.82 Å². The number of nitrogens with zero attached hydrogens (tertiary/aromatic N) is 2. The van der Waals surface area contributed by atoms with Gasteiger partial charge in [-0.25, -0.2) is 0 Å². The number of nitrogens with two attached hydrogens (primary N) is 1. The molecule has 0 unspecified atom stereocenters. The van der Waals surface area contributed by atoms with Crippen molar-refractivity contribution in [1.82, 2.24) is 4.37 Å². The zero-order valence-corrected chi connectivity index (χ0v) is 9.97. The van der Waals surface area contributed by atoms with Crippen LogP contribution >= 0.6 is 11.5 Å². The Balaban J connectivity index is 2.11. The van der Waals surface area contributed by atoms with Crippen molar-refractivity contribution in [1.29, 1.82) is 0 Å². The Kier molecular flexibility index (Phi) is 2.60. The number of hydrogen-bond acceptors (Lipinski definition) is 5. The van der Waals surface area contributed by atoms with E-state index in [0.717, 1.165) is 36.5 Å². The van der Waals surface area contributed by atoms with E-state index in [4.69, 9.17) is 5.73 Å². The highest BCUT2D eigenvalue weighted by Crippen LogP contribution is 2.33. The molecule has 1 aliphatic heterocycles. The van der Waals surface area contributed by atoms with Gasteiger partial charge in [0.1, 0.15) is 10.8 Å². The second kappa shape index (κ2) is 3.64. The molecule has 1 fully saturated rings. The number of rotatable bonds is 1. The highest BCUT2D eigenvalue weighted by atomic mass is 32.1. The van der Waals surface area contributed by atoms with E-state index >= 15 is 0 Å². The zero-order valence-electron chi connectivity index (χ0n) is 9.16. The topological polar surface area (TPSA) is 62.4 Å². The van der Waals surface area contributed by atoms with Crippen LogP contribution in [-0.4, -0.2) is 28.2 Å². The Morgan fingerprint density at radius 3 is 2.53 bits per heavy atom. The molecule has 15 heavy (non-hydrogen) atoms. The Labute approximate surface area is 93.9 Å². The van der Waals surface area contributed by atoms with Crippen LogP contribution in [0.3, 0.4) is 0 Å². The summed E-state index contributed by atoms with van der Waals surface area (Å²) in [5, 5.41) is 11.0. The lowest BCUT2D eigenvalue weighted by Crippen LogP contribution is -2.42. The Morgan fingerprint density at radius 1 is 1.47 bits per heavy atom. The third-order valence-corrected chi connectivity index (χ3v) is 4.09. The lowest BCUT2D eigenvalue weighted by molar-refractivity contribution is 0.0352. The molecule has 5 heteroatoms. The Bertz CT molecular complexity index is 352. The summed E-state index contributed by atoms with van der Waals surface area (Å²) in [6.45, 7) is 5.67. The van der Waals surface area contributed by atoms with Gasteiger partial charge in [-0.3, -0.25) is 0 Å². The van der Waals surface area contributed by atoms with Crippen LogP contribution < -0.4 is 10.6 Å². The number of aromatic nitrogens is 1. The average Bonchev–Trinajstić information content (AvgIpc) is 2.49. The maximum Gasteiger partial charge on any atom is 0.142 e. The van der Waals surface area contributed by atoms with Crippen LogP contribution in [-0.2, 0) is 0 Å². The number of hydrogen-bond donors (Lipinski definition) is 2. The summed E-state index contributed by atoms with van der Waals surface area (Å²) in [6, 6.07) is 0. The van der Waals surface area contributed by atoms with Crippen molar-refractivity contribution in [3.05, 3.63) is 5.56 Å². The van der Waals surface area contributed by atoms with E-state index in [1.54, 1.807) is 0 Å². The summed E-state index contributed by atoms with van der Waals surface area (Å²) in [4.78, 5) is 2.27. The van der Waals surface area contributed by atoms with E-state index in [-0.39, 0.29) is 0 Å². The quantitative estimate of drug-likeness (QED) is 0.761. The predicted molar refractivity (Wildman–Crippen MR) is 63.3 cm³/mol. The molecule has 1 aliphatic rings. The van der Waals surface area contributed by atoms with Crippen molar-refractivity contribution in [2.75, 3.05) is 23.7 Å². The third kappa shape index (κ3) is 2.08. The van der Waals surface area contributed by atoms with Gasteiger partial charge in [0.15, 0.2) is 0 Å². The molecule has 0 amide bonds. The molecule has 0 bridgehead atoms. The smallest absolute Gasteiger partial charge is 0.142 e. The fraction of sp³-hybridized carbons (Fsp3) is 0.700. The highest BCUT2D eigenvalue weighted by Gasteiger charge is 2.28. The Hall–Kier alpha value is -0.810. The summed E-state index contributed by atoms with van der Waals surface area (Å²) in [7, 11) is 0. The largest absolute Gasteiger partial charge is 0.390 e. The van der Waals surface area contributed by atoms with E-state index in [2.05, 4.69) is 9.27 Å². The Morgan fingerprint density at radius 2 is 2.07 bits per heavy atom. The van der Waals surface area contributed by atoms with Crippen molar-refractivity contribution in [2.45, 2.75) is 32.3 Å². The van der Waals surface area contributed by atoms with Gasteiger partial charge in [-0.1, -0.05) is 0 Å². The van der Waals surface area contributed by atoms with Crippen LogP contribution in [0.1, 0.15) is 25.3 Å². The number of nitrogen functional groups attached to an aromatic ring is 1. The van der Waals surface area contributed by atoms with Gasteiger partial charge in [0.25, 0.3) is 0 Å². The van der Waals surface area contributed by atoms with Gasteiger partial charge in [0.05, 0.1) is 5.60 Å². The second-order valence-corrected chi connectivity index (χ2v) is 5.23. The lowest BCUT2D eigenvalue weighted by atomic mass is 9.94. The van der Waals surface area contributed by atoms with Crippen LogP contribution in [0.15, 0.2) is 0 Å². The molecule has 1 saturated heterocycles. The first-order chi connectivity index (χ1) is 6.99. The average molecular weight is 227 g/mol. The zero-order chi connectivity index (χ0) is 11.1. The maximum absolute atomic E-state index is 9.85. The minimum atomic E-state index is -0.499. The normalized spacial score (nSPS) is 20.6. The van der Waals surface area contributed by atoms with Crippen molar-refractivity contribution in [2.24, 2.45) is 0 Å². The van der Waals surface area contributed by atoms with Gasteiger partial charge in [-0.2, -0.15) is 4.37 Å². The second-order valence-electron chi connectivity index (χ2n) is 4.48. The molecule has 0 aromatic carbocycles. The molecular formula is C10H17N3OS. The van der Waals surface area contributed by atoms with Crippen molar-refractivity contribution < 1.29 is 5.11 Å². The molecule has 4 nitrogen and oxygen atoms in total. The fourth-order valence-electron chi connectivity index (χ4n) is 1.83. The molecule has 3 N–H and O–H groups in total. The van der Waals surface area contributed by atoms with Gasteiger partial charge < -0.3 is 15.7 Å². The number of anilines is 2. The highest BCUT2D eigenvalue weighted by molar-refractivity contribution is 7.10. The van der Waals surface area contributed by atoms with E-state index in [1.165, 1.54) is 11.5 Å². The lowest BCUT2D eigenvalue weighted by Gasteiger charge is -2.36. The van der Waals surface area contributed by atoms with Crippen LogP contribution in [0, 0.1) is 6.92 Å². The monoisotopic (exact) mass is 227 g/mol. The van der Waals surface area contributed by atoms with Gasteiger partial charge >= 0.3 is 0 Å². The molecule has 0 radical (unpaired) electrons. The molecule has 2 rings (SSSR count). The first-order valence-electron chi connectivity index (χ1n) is 5.19. The van der Waals surface area contributed by atoms with Crippen molar-refractivity contribution >= 4 is 22.4 Å². The third-order valence-electron chi connectivity index (χ3n) is 3.06. The minimum absolute atomic E-state index is 0.499. The fourth-order valence-corrected chi connectivity index (χ4v) is 2.69. The van der Waals surface area contributed by atoms with Crippen LogP contribution in [0.2, 0.25) is 0 Å². The predicted octanol–water partition coefficient (Wildman–Crippen LogP) is 1.38. The summed E-state index contributed by atoms with van der Waals surface area (Å²) in [5.74, 6) is 0.632. The van der Waals surface area contributed by atoms with Crippen LogP contribution in [0.25, 0.3) is 0 Å². The molecule has 1 aromatic heterocycles. The number of aliphatic hydroxyl groups is 1. The molecule has 0 atom stereocenters. The minimum Gasteiger partial charge on any atom is -0.390 e. The van der Waals surface area contributed by atoms with Gasteiger partial charge in [-0.15, -0.1) is 0 Å². The molecule has 0 aliphatic carbocycles. The van der Waals surface area contributed by atoms with E-state index < -0.39 is 5.60 Å². The molecule has 0 saturated carbocycles. The molecule has 2 heterocycles. The summed E-state index contributed by atoms with van der Waals surface area (Å²) in [5.41, 5.74) is 6.30. The van der Waals surface area contributed by atoms with Crippen molar-refractivity contribution in [3.8, 4) is 0 Å². The molecular weight excluding hydrogens is 210 g/mol. The summed E-state index contributed by atoms with van der Waals surface area (Å²) < 4.78 is 4.14. The molecule has 84 valence electrons. The first-order valence-corrected chi connectivity index (χ1v) is 5.96. The summed E-state index contributed by atoms with van der Waals surface area (Å²) >= 11 is 1.45. The van der Waals surface area contributed by atoms with Gasteiger partial charge in [-0.05, 0) is 38.2 Å². The van der Waals surface area contributed by atoms with Crippen LogP contribution in [0.5, 0.6) is 0 Å². The SMILES string of the molecule is Cc1c(N)nsc1N1CCC(C)(O)CC1. The van der Waals surface area contributed by atoms with E-state index in [9.17, 15) is 5.11 Å². The van der Waals surface area contributed by atoms with Crippen molar-refractivity contribution in [3.63, 3.8) is 0 Å². The summed E-state index contributed by atoms with van der Waals surface area (Å²) in [6.07, 6.45) is 1.62. The number of piperidine rings is 1. The molecule has 1 aromatic rings. The first kappa shape index (κ1) is 10.7. The molecule has 0 spiro atoms. The van der Waals surface area contributed by atoms with Crippen LogP contribution in [0.4, 0.5) is 10.8 Å². The van der Waals surface area contributed by atoms with E-state index in [1.807, 2.05) is 13.8 Å². The maximum atomic E-state index is 9.85. The van der Waals surface area contributed by atoms with Gasteiger partial charge in [0.2, 0.25) is 0 Å². The van der Waals surface area contributed by atoms with Gasteiger partial charge in [0, 0.05) is 18.7 Å². The standard InChI is InChI=1S/C10H17N3OS/c1-7-8(11)12-15-9(7)13-5-3-10(2,14)4-6-13/h14H,3-6H2,1-2H3,(H2,11,12).